The van der Waals surface area contributed by atoms with Crippen LogP contribution in [-0.2, 0) is 22.5 Å². The van der Waals surface area contributed by atoms with Crippen LogP contribution < -0.4 is 10.1 Å². The molecule has 37 heavy (non-hydrogen) atoms. The van der Waals surface area contributed by atoms with Crippen molar-refractivity contribution in [1.82, 2.24) is 15.2 Å². The van der Waals surface area contributed by atoms with Crippen LogP contribution in [0.3, 0.4) is 0 Å². The molecular weight excluding hydrogens is 482 g/mol. The number of fused-ring (bicyclic) bond motifs is 3. The third-order valence-electron chi connectivity index (χ3n) is 8.80. The first-order chi connectivity index (χ1) is 18.2. The number of benzene rings is 1. The molecule has 196 valence electrons. The van der Waals surface area contributed by atoms with Crippen LogP contribution in [0, 0.1) is 0 Å². The number of thiophene rings is 1. The van der Waals surface area contributed by atoms with Crippen molar-refractivity contribution in [3.8, 4) is 5.75 Å². The van der Waals surface area contributed by atoms with Crippen LogP contribution in [0.25, 0.3) is 10.2 Å². The van der Waals surface area contributed by atoms with Crippen LogP contribution in [0.15, 0.2) is 42.6 Å². The Hall–Kier alpha value is -2.48. The molecule has 1 aromatic carbocycles. The van der Waals surface area contributed by atoms with Gasteiger partial charge in [-0.3, -0.25) is 9.69 Å². The zero-order chi connectivity index (χ0) is 25.2. The number of morpholine rings is 1. The normalized spacial score (nSPS) is 26.2. The van der Waals surface area contributed by atoms with Crippen LogP contribution in [0.4, 0.5) is 0 Å². The molecule has 1 atom stereocenters. The predicted molar refractivity (Wildman–Crippen MR) is 147 cm³/mol. The van der Waals surface area contributed by atoms with E-state index >= 15 is 0 Å². The van der Waals surface area contributed by atoms with Crippen LogP contribution in [0.5, 0.6) is 5.75 Å². The summed E-state index contributed by atoms with van der Waals surface area (Å²) in [5.74, 6) is 0.873. The number of aromatic nitrogens is 1. The highest BCUT2D eigenvalue weighted by Gasteiger charge is 2.40. The number of hydrogen-bond donors (Lipinski definition) is 1. The SMILES string of the molecule is CC[C@]1(N2CCOCC2)CC[C@H](Oc2ccnc3sc4c(c23)[C@@H](C(=O)NCc2ccccc2)CC4)CC1. The molecule has 0 spiro atoms. The van der Waals surface area contributed by atoms with Gasteiger partial charge in [-0.25, -0.2) is 4.98 Å². The second-order valence-corrected chi connectivity index (χ2v) is 11.8. The highest BCUT2D eigenvalue weighted by Crippen LogP contribution is 2.47. The molecule has 3 heterocycles. The molecular formula is C30H37N3O3S. The van der Waals surface area contributed by atoms with Crippen molar-refractivity contribution in [3.63, 3.8) is 0 Å². The van der Waals surface area contributed by atoms with E-state index in [1.807, 2.05) is 42.6 Å². The lowest BCUT2D eigenvalue weighted by atomic mass is 9.77. The first-order valence-electron chi connectivity index (χ1n) is 13.9. The van der Waals surface area contributed by atoms with Gasteiger partial charge in [0.1, 0.15) is 10.6 Å². The molecule has 3 aromatic rings. The van der Waals surface area contributed by atoms with Crippen molar-refractivity contribution >= 4 is 27.5 Å². The number of nitrogens with zero attached hydrogens (tertiary/aromatic N) is 2. The molecule has 3 aliphatic rings. The summed E-state index contributed by atoms with van der Waals surface area (Å²) in [5, 5.41) is 4.24. The number of ether oxygens (including phenoxy) is 2. The lowest BCUT2D eigenvalue weighted by molar-refractivity contribution is -0.122. The standard InChI is InChI=1S/C30H37N3O3S/c1-2-30(33-16-18-35-19-17-33)13-10-22(11-14-30)36-24-12-15-31-29-27(24)26-23(8-9-25(26)37-29)28(34)32-20-21-6-4-3-5-7-21/h3-7,12,15,22-23H,2,8-11,13-14,16-20H2,1H3,(H,32,34)/t22-,23-,30-/m0/s1. The maximum atomic E-state index is 13.3. The van der Waals surface area contributed by atoms with Gasteiger partial charge < -0.3 is 14.8 Å². The summed E-state index contributed by atoms with van der Waals surface area (Å²) in [6, 6.07) is 12.1. The number of pyridine rings is 1. The Morgan fingerprint density at radius 3 is 2.70 bits per heavy atom. The van der Waals surface area contributed by atoms with E-state index in [1.165, 1.54) is 11.3 Å². The fraction of sp³-hybridized carbons (Fsp3) is 0.533. The van der Waals surface area contributed by atoms with Crippen molar-refractivity contribution in [3.05, 3.63) is 58.6 Å². The van der Waals surface area contributed by atoms with E-state index in [9.17, 15) is 4.79 Å². The van der Waals surface area contributed by atoms with Gasteiger partial charge in [-0.15, -0.1) is 11.3 Å². The second-order valence-electron chi connectivity index (χ2n) is 10.7. The minimum absolute atomic E-state index is 0.105. The molecule has 0 unspecified atom stereocenters. The van der Waals surface area contributed by atoms with Gasteiger partial charge in [0.2, 0.25) is 5.91 Å². The second kappa shape index (κ2) is 10.7. The van der Waals surface area contributed by atoms with Crippen molar-refractivity contribution in [1.29, 1.82) is 0 Å². The number of rotatable bonds is 7. The molecule has 2 fully saturated rings. The molecule has 0 bridgehead atoms. The summed E-state index contributed by atoms with van der Waals surface area (Å²) >= 11 is 1.73. The van der Waals surface area contributed by atoms with Gasteiger partial charge in [0.15, 0.2) is 0 Å². The zero-order valence-electron chi connectivity index (χ0n) is 21.7. The summed E-state index contributed by atoms with van der Waals surface area (Å²) in [5.41, 5.74) is 2.55. The van der Waals surface area contributed by atoms with E-state index in [4.69, 9.17) is 9.47 Å². The Labute approximate surface area is 223 Å². The molecule has 2 aromatic heterocycles. The first kappa shape index (κ1) is 24.8. The summed E-state index contributed by atoms with van der Waals surface area (Å²) in [4.78, 5) is 22.9. The lowest BCUT2D eigenvalue weighted by Gasteiger charge is -2.49. The third kappa shape index (κ3) is 4.89. The van der Waals surface area contributed by atoms with Crippen LogP contribution >= 0.6 is 11.3 Å². The zero-order valence-corrected chi connectivity index (χ0v) is 22.5. The lowest BCUT2D eigenvalue weighted by Crippen LogP contribution is -2.55. The molecule has 0 radical (unpaired) electrons. The van der Waals surface area contributed by atoms with E-state index in [1.54, 1.807) is 11.3 Å². The van der Waals surface area contributed by atoms with E-state index in [2.05, 4.69) is 22.1 Å². The smallest absolute Gasteiger partial charge is 0.227 e. The van der Waals surface area contributed by atoms with Crippen LogP contribution in [0.1, 0.15) is 67.4 Å². The van der Waals surface area contributed by atoms with E-state index in [0.717, 1.165) is 91.9 Å². The molecule has 1 saturated heterocycles. The molecule has 1 aliphatic heterocycles. The Kier molecular flexibility index (Phi) is 7.19. The maximum absolute atomic E-state index is 13.3. The van der Waals surface area contributed by atoms with Crippen LogP contribution in [-0.4, -0.2) is 53.7 Å². The molecule has 1 amide bonds. The first-order valence-corrected chi connectivity index (χ1v) is 14.7. The number of aryl methyl sites for hydroxylation is 1. The van der Waals surface area contributed by atoms with Crippen molar-refractivity contribution < 1.29 is 14.3 Å². The highest BCUT2D eigenvalue weighted by atomic mass is 32.1. The molecule has 1 saturated carbocycles. The number of carbonyl (C=O) groups is 1. The Bertz CT molecular complexity index is 1230. The predicted octanol–water partition coefficient (Wildman–Crippen LogP) is 5.44. The van der Waals surface area contributed by atoms with Gasteiger partial charge in [0, 0.05) is 36.2 Å². The molecule has 1 N–H and O–H groups in total. The molecule has 6 rings (SSSR count). The average molecular weight is 520 g/mol. The highest BCUT2D eigenvalue weighted by molar-refractivity contribution is 7.19. The monoisotopic (exact) mass is 519 g/mol. The van der Waals surface area contributed by atoms with Gasteiger partial charge in [-0.05, 0) is 62.1 Å². The molecule has 2 aliphatic carbocycles. The van der Waals surface area contributed by atoms with Crippen molar-refractivity contribution in [2.45, 2.75) is 76.0 Å². The fourth-order valence-corrected chi connectivity index (χ4v) is 7.90. The van der Waals surface area contributed by atoms with Gasteiger partial charge in [-0.1, -0.05) is 37.3 Å². The molecule has 6 nitrogen and oxygen atoms in total. The topological polar surface area (TPSA) is 63.7 Å². The molecule has 7 heteroatoms. The van der Waals surface area contributed by atoms with Gasteiger partial charge in [0.05, 0.1) is 30.6 Å². The summed E-state index contributed by atoms with van der Waals surface area (Å²) in [7, 11) is 0. The summed E-state index contributed by atoms with van der Waals surface area (Å²) in [6.45, 7) is 6.67. The van der Waals surface area contributed by atoms with E-state index in [0.29, 0.717) is 6.54 Å². The largest absolute Gasteiger partial charge is 0.490 e. The minimum Gasteiger partial charge on any atom is -0.490 e. The van der Waals surface area contributed by atoms with Gasteiger partial charge >= 0.3 is 0 Å². The number of hydrogen-bond acceptors (Lipinski definition) is 6. The quantitative estimate of drug-likeness (QED) is 0.450. The third-order valence-corrected chi connectivity index (χ3v) is 9.97. The van der Waals surface area contributed by atoms with E-state index < -0.39 is 0 Å². The average Bonchev–Trinajstić information content (AvgIpc) is 3.53. The van der Waals surface area contributed by atoms with E-state index in [-0.39, 0.29) is 23.5 Å². The van der Waals surface area contributed by atoms with Crippen molar-refractivity contribution in [2.24, 2.45) is 0 Å². The van der Waals surface area contributed by atoms with Gasteiger partial charge in [0.25, 0.3) is 0 Å². The number of carbonyl (C=O) groups excluding carboxylic acids is 1. The number of nitrogens with one attached hydrogen (secondary N) is 1. The van der Waals surface area contributed by atoms with Gasteiger partial charge in [-0.2, -0.15) is 0 Å². The Balaban J connectivity index is 1.18. The number of amides is 1. The maximum Gasteiger partial charge on any atom is 0.227 e. The summed E-state index contributed by atoms with van der Waals surface area (Å²) in [6.07, 6.45) is 9.47. The minimum atomic E-state index is -0.139. The van der Waals surface area contributed by atoms with Crippen molar-refractivity contribution in [2.75, 3.05) is 26.3 Å². The Morgan fingerprint density at radius 2 is 1.95 bits per heavy atom. The van der Waals surface area contributed by atoms with Crippen LogP contribution in [0.2, 0.25) is 0 Å². The fourth-order valence-electron chi connectivity index (χ4n) is 6.66. The summed E-state index contributed by atoms with van der Waals surface area (Å²) < 4.78 is 12.3. The Morgan fingerprint density at radius 1 is 1.16 bits per heavy atom.